The number of benzene rings is 1. The highest BCUT2D eigenvalue weighted by Crippen LogP contribution is 2.21. The van der Waals surface area contributed by atoms with E-state index >= 15 is 0 Å². The van der Waals surface area contributed by atoms with Gasteiger partial charge in [0.2, 0.25) is 0 Å². The van der Waals surface area contributed by atoms with Crippen molar-refractivity contribution in [2.45, 2.75) is 19.3 Å². The Morgan fingerprint density at radius 2 is 1.86 bits per heavy atom. The molecule has 0 aliphatic carbocycles. The maximum atomic E-state index is 12.2. The molecule has 0 saturated carbocycles. The molecule has 2 heterocycles. The van der Waals surface area contributed by atoms with Crippen LogP contribution in [0.3, 0.4) is 0 Å². The van der Waals surface area contributed by atoms with Crippen molar-refractivity contribution >= 4 is 33.3 Å². The van der Waals surface area contributed by atoms with E-state index in [0.29, 0.717) is 11.4 Å². The summed E-state index contributed by atoms with van der Waals surface area (Å²) in [4.78, 5) is 18.9. The molecule has 2 aromatic rings. The number of aromatic nitrogens is 1. The highest BCUT2D eigenvalue weighted by Gasteiger charge is 2.13. The highest BCUT2D eigenvalue weighted by atomic mass is 79.9. The SMILES string of the molecule is O=C(Nc1ccc(N2CCCCC2)cn1)c1ccccc1Br. The lowest BCUT2D eigenvalue weighted by molar-refractivity contribution is 0.102. The fraction of sp³-hybridized carbons (Fsp3) is 0.294. The third-order valence-electron chi connectivity index (χ3n) is 3.83. The molecule has 0 radical (unpaired) electrons. The first-order chi connectivity index (χ1) is 10.7. The molecular formula is C17H18BrN3O. The molecule has 1 fully saturated rings. The maximum absolute atomic E-state index is 12.2. The van der Waals surface area contributed by atoms with Crippen molar-refractivity contribution in [1.82, 2.24) is 4.98 Å². The zero-order valence-corrected chi connectivity index (χ0v) is 13.8. The van der Waals surface area contributed by atoms with Crippen LogP contribution in [-0.2, 0) is 0 Å². The average Bonchev–Trinajstić information content (AvgIpc) is 2.57. The highest BCUT2D eigenvalue weighted by molar-refractivity contribution is 9.10. The van der Waals surface area contributed by atoms with E-state index in [1.807, 2.05) is 36.5 Å². The average molecular weight is 360 g/mol. The normalized spacial score (nSPS) is 14.7. The van der Waals surface area contributed by atoms with Crippen molar-refractivity contribution in [2.24, 2.45) is 0 Å². The molecule has 1 saturated heterocycles. The topological polar surface area (TPSA) is 45.2 Å². The molecule has 1 N–H and O–H groups in total. The molecule has 1 aromatic heterocycles. The van der Waals surface area contributed by atoms with Gasteiger partial charge in [-0.1, -0.05) is 12.1 Å². The number of nitrogens with zero attached hydrogens (tertiary/aromatic N) is 2. The van der Waals surface area contributed by atoms with Crippen LogP contribution in [0.2, 0.25) is 0 Å². The van der Waals surface area contributed by atoms with Gasteiger partial charge in [-0.05, 0) is 59.5 Å². The molecule has 5 heteroatoms. The number of nitrogens with one attached hydrogen (secondary N) is 1. The van der Waals surface area contributed by atoms with Crippen LogP contribution in [0.15, 0.2) is 47.1 Å². The first kappa shape index (κ1) is 15.0. The van der Waals surface area contributed by atoms with Crippen molar-refractivity contribution < 1.29 is 4.79 Å². The molecule has 1 aliphatic rings. The number of hydrogen-bond acceptors (Lipinski definition) is 3. The number of rotatable bonds is 3. The Morgan fingerprint density at radius 3 is 2.55 bits per heavy atom. The van der Waals surface area contributed by atoms with E-state index in [9.17, 15) is 4.79 Å². The van der Waals surface area contributed by atoms with E-state index in [-0.39, 0.29) is 5.91 Å². The van der Waals surface area contributed by atoms with Gasteiger partial charge in [-0.3, -0.25) is 4.79 Å². The first-order valence-corrected chi connectivity index (χ1v) is 8.30. The number of carbonyl (C=O) groups excluding carboxylic acids is 1. The minimum Gasteiger partial charge on any atom is -0.370 e. The van der Waals surface area contributed by atoms with Crippen LogP contribution < -0.4 is 10.2 Å². The number of halogens is 1. The predicted octanol–water partition coefficient (Wildman–Crippen LogP) is 4.09. The summed E-state index contributed by atoms with van der Waals surface area (Å²) in [5.41, 5.74) is 1.72. The summed E-state index contributed by atoms with van der Waals surface area (Å²) in [5, 5.41) is 2.83. The first-order valence-electron chi connectivity index (χ1n) is 7.51. The summed E-state index contributed by atoms with van der Waals surface area (Å²) in [6.07, 6.45) is 5.62. The Morgan fingerprint density at radius 1 is 1.09 bits per heavy atom. The molecule has 1 aliphatic heterocycles. The summed E-state index contributed by atoms with van der Waals surface area (Å²) in [6.45, 7) is 2.18. The third kappa shape index (κ3) is 3.47. The summed E-state index contributed by atoms with van der Waals surface area (Å²) in [7, 11) is 0. The number of amides is 1. The molecular weight excluding hydrogens is 342 g/mol. The molecule has 3 rings (SSSR count). The van der Waals surface area contributed by atoms with Gasteiger partial charge in [-0.25, -0.2) is 4.98 Å². The second-order valence-corrected chi connectivity index (χ2v) is 6.24. The Kier molecular flexibility index (Phi) is 4.73. The fourth-order valence-electron chi connectivity index (χ4n) is 2.63. The number of carbonyl (C=O) groups is 1. The summed E-state index contributed by atoms with van der Waals surface area (Å²) < 4.78 is 0.775. The smallest absolute Gasteiger partial charge is 0.257 e. The lowest BCUT2D eigenvalue weighted by atomic mass is 10.1. The van der Waals surface area contributed by atoms with Crippen LogP contribution in [0, 0.1) is 0 Å². The van der Waals surface area contributed by atoms with Crippen LogP contribution in [0.4, 0.5) is 11.5 Å². The fourth-order valence-corrected chi connectivity index (χ4v) is 3.09. The lowest BCUT2D eigenvalue weighted by Crippen LogP contribution is -2.29. The van der Waals surface area contributed by atoms with E-state index in [4.69, 9.17) is 0 Å². The molecule has 0 atom stereocenters. The van der Waals surface area contributed by atoms with Crippen molar-refractivity contribution in [2.75, 3.05) is 23.3 Å². The van der Waals surface area contributed by atoms with Crippen LogP contribution in [0.25, 0.3) is 0 Å². The van der Waals surface area contributed by atoms with Gasteiger partial charge < -0.3 is 10.2 Å². The minimum atomic E-state index is -0.161. The van der Waals surface area contributed by atoms with Gasteiger partial charge in [-0.2, -0.15) is 0 Å². The van der Waals surface area contributed by atoms with Gasteiger partial charge >= 0.3 is 0 Å². The van der Waals surface area contributed by atoms with Crippen LogP contribution >= 0.6 is 15.9 Å². The largest absolute Gasteiger partial charge is 0.370 e. The number of piperidine rings is 1. The van der Waals surface area contributed by atoms with E-state index in [1.54, 1.807) is 6.07 Å². The van der Waals surface area contributed by atoms with Crippen LogP contribution in [0.1, 0.15) is 29.6 Å². The molecule has 114 valence electrons. The van der Waals surface area contributed by atoms with Crippen LogP contribution in [-0.4, -0.2) is 24.0 Å². The summed E-state index contributed by atoms with van der Waals surface area (Å²) in [5.74, 6) is 0.409. The van der Waals surface area contributed by atoms with E-state index in [2.05, 4.69) is 31.1 Å². The van der Waals surface area contributed by atoms with Gasteiger partial charge in [0.1, 0.15) is 5.82 Å². The molecule has 0 unspecified atom stereocenters. The number of pyridine rings is 1. The van der Waals surface area contributed by atoms with E-state index in [0.717, 1.165) is 23.2 Å². The zero-order valence-electron chi connectivity index (χ0n) is 12.3. The zero-order chi connectivity index (χ0) is 15.4. The van der Waals surface area contributed by atoms with Crippen molar-refractivity contribution in [3.05, 3.63) is 52.6 Å². The second-order valence-electron chi connectivity index (χ2n) is 5.38. The Labute approximate surface area is 138 Å². The van der Waals surface area contributed by atoms with Crippen molar-refractivity contribution in [3.63, 3.8) is 0 Å². The number of hydrogen-bond donors (Lipinski definition) is 1. The Hall–Kier alpha value is -1.88. The van der Waals surface area contributed by atoms with Gasteiger partial charge in [0.15, 0.2) is 0 Å². The molecule has 0 bridgehead atoms. The molecule has 1 aromatic carbocycles. The second kappa shape index (κ2) is 6.92. The van der Waals surface area contributed by atoms with Gasteiger partial charge in [0.05, 0.1) is 17.4 Å². The van der Waals surface area contributed by atoms with E-state index < -0.39 is 0 Å². The quantitative estimate of drug-likeness (QED) is 0.897. The van der Waals surface area contributed by atoms with Crippen LogP contribution in [0.5, 0.6) is 0 Å². The van der Waals surface area contributed by atoms with Gasteiger partial charge in [0.25, 0.3) is 5.91 Å². The van der Waals surface area contributed by atoms with Crippen molar-refractivity contribution in [3.8, 4) is 0 Å². The standard InChI is InChI=1S/C17H18BrN3O/c18-15-7-3-2-6-14(15)17(22)20-16-9-8-13(12-19-16)21-10-4-1-5-11-21/h2-3,6-9,12H,1,4-5,10-11H2,(H,19,20,22). The third-order valence-corrected chi connectivity index (χ3v) is 4.52. The van der Waals surface area contributed by atoms with Gasteiger partial charge in [0, 0.05) is 17.6 Å². The monoisotopic (exact) mass is 359 g/mol. The van der Waals surface area contributed by atoms with E-state index in [1.165, 1.54) is 19.3 Å². The lowest BCUT2D eigenvalue weighted by Gasteiger charge is -2.28. The maximum Gasteiger partial charge on any atom is 0.257 e. The summed E-state index contributed by atoms with van der Waals surface area (Å²) >= 11 is 3.39. The Bertz CT molecular complexity index is 651. The molecule has 1 amide bonds. The minimum absolute atomic E-state index is 0.161. The molecule has 0 spiro atoms. The summed E-state index contributed by atoms with van der Waals surface area (Å²) in [6, 6.07) is 11.2. The Balaban J connectivity index is 1.68. The predicted molar refractivity (Wildman–Crippen MR) is 92.4 cm³/mol. The number of anilines is 2. The van der Waals surface area contributed by atoms with Gasteiger partial charge in [-0.15, -0.1) is 0 Å². The molecule has 4 nitrogen and oxygen atoms in total. The molecule has 22 heavy (non-hydrogen) atoms. The van der Waals surface area contributed by atoms with Crippen molar-refractivity contribution in [1.29, 1.82) is 0 Å².